The number of aliphatic hydroxyl groups excluding tert-OH is 1. The van der Waals surface area contributed by atoms with Crippen molar-refractivity contribution in [1.82, 2.24) is 0 Å². The molecule has 3 rings (SSSR count). The summed E-state index contributed by atoms with van der Waals surface area (Å²) in [7, 11) is 0. The zero-order chi connectivity index (χ0) is 13.5. The van der Waals surface area contributed by atoms with Gasteiger partial charge in [-0.05, 0) is 23.5 Å². The van der Waals surface area contributed by atoms with E-state index in [1.807, 2.05) is 13.0 Å². The van der Waals surface area contributed by atoms with E-state index in [9.17, 15) is 9.90 Å². The van der Waals surface area contributed by atoms with Gasteiger partial charge in [-0.25, -0.2) is 0 Å². The predicted octanol–water partition coefficient (Wildman–Crippen LogP) is 2.78. The van der Waals surface area contributed by atoms with Crippen LogP contribution >= 0.6 is 11.8 Å². The Morgan fingerprint density at radius 2 is 2.47 bits per heavy atom. The molecule has 3 nitrogen and oxygen atoms in total. The van der Waals surface area contributed by atoms with Crippen LogP contribution in [-0.4, -0.2) is 22.2 Å². The standard InChI is InChI=1S/C15H18O3S/c1-10(9-16)13-7-12(17)8-15-11(4-6-19-15)3-2-5-18-14(13)15/h2,4-6,10-11,16H,3,7-9H2,1H3. The molecule has 0 aromatic rings. The normalized spacial score (nSPS) is 34.6. The minimum atomic E-state index is -0.266. The highest BCUT2D eigenvalue weighted by atomic mass is 32.2. The molecule has 1 spiro atoms. The molecule has 0 radical (unpaired) electrons. The van der Waals surface area contributed by atoms with Gasteiger partial charge in [0.25, 0.3) is 0 Å². The van der Waals surface area contributed by atoms with Crippen LogP contribution in [0.4, 0.5) is 0 Å². The third-order valence-corrected chi connectivity index (χ3v) is 5.60. The number of hydrogen-bond acceptors (Lipinski definition) is 4. The summed E-state index contributed by atoms with van der Waals surface area (Å²) >= 11 is 1.70. The second-order valence-corrected chi connectivity index (χ2v) is 6.73. The lowest BCUT2D eigenvalue weighted by Gasteiger charge is -2.39. The average Bonchev–Trinajstić information content (AvgIpc) is 2.70. The van der Waals surface area contributed by atoms with E-state index in [1.54, 1.807) is 18.0 Å². The molecule has 3 aliphatic rings. The number of ketones is 1. The molecule has 1 aliphatic carbocycles. The van der Waals surface area contributed by atoms with E-state index in [1.165, 1.54) is 0 Å². The predicted molar refractivity (Wildman–Crippen MR) is 75.3 cm³/mol. The quantitative estimate of drug-likeness (QED) is 0.843. The fourth-order valence-electron chi connectivity index (χ4n) is 3.16. The third kappa shape index (κ3) is 1.98. The first-order valence-electron chi connectivity index (χ1n) is 6.69. The van der Waals surface area contributed by atoms with Gasteiger partial charge in [0.1, 0.15) is 11.5 Å². The molecular formula is C15H18O3S. The van der Waals surface area contributed by atoms with Gasteiger partial charge in [0.2, 0.25) is 0 Å². The van der Waals surface area contributed by atoms with Gasteiger partial charge in [0.15, 0.2) is 0 Å². The van der Waals surface area contributed by atoms with E-state index < -0.39 is 0 Å². The number of aliphatic hydroxyl groups is 1. The molecule has 0 bridgehead atoms. The van der Waals surface area contributed by atoms with Gasteiger partial charge < -0.3 is 9.84 Å². The number of Topliss-reactive ketones (excluding diaryl/α,β-unsaturated/α-hetero) is 1. The number of hydrogen-bond donors (Lipinski definition) is 1. The highest BCUT2D eigenvalue weighted by Gasteiger charge is 2.51. The summed E-state index contributed by atoms with van der Waals surface area (Å²) < 4.78 is 5.60. The molecule has 0 saturated heterocycles. The zero-order valence-corrected chi connectivity index (χ0v) is 11.8. The Morgan fingerprint density at radius 3 is 3.26 bits per heavy atom. The van der Waals surface area contributed by atoms with E-state index in [-0.39, 0.29) is 23.1 Å². The molecule has 102 valence electrons. The Morgan fingerprint density at radius 1 is 1.63 bits per heavy atom. The zero-order valence-electron chi connectivity index (χ0n) is 11.0. The van der Waals surface area contributed by atoms with Gasteiger partial charge in [0, 0.05) is 31.3 Å². The molecule has 2 aliphatic heterocycles. The van der Waals surface area contributed by atoms with Crippen molar-refractivity contribution >= 4 is 17.5 Å². The van der Waals surface area contributed by atoms with Crippen LogP contribution in [0.15, 0.2) is 35.2 Å². The summed E-state index contributed by atoms with van der Waals surface area (Å²) in [5.41, 5.74) is 0.978. The summed E-state index contributed by atoms with van der Waals surface area (Å²) in [6, 6.07) is 0. The number of rotatable bonds is 2. The summed E-state index contributed by atoms with van der Waals surface area (Å²) in [5, 5.41) is 11.5. The fourth-order valence-corrected chi connectivity index (χ4v) is 4.56. The van der Waals surface area contributed by atoms with Crippen LogP contribution in [0.5, 0.6) is 0 Å². The molecule has 0 fully saturated rings. The molecule has 4 heteroatoms. The summed E-state index contributed by atoms with van der Waals surface area (Å²) in [4.78, 5) is 12.2. The fraction of sp³-hybridized carbons (Fsp3) is 0.533. The highest BCUT2D eigenvalue weighted by molar-refractivity contribution is 8.04. The Kier molecular flexibility index (Phi) is 3.31. The van der Waals surface area contributed by atoms with Crippen molar-refractivity contribution in [2.24, 2.45) is 11.8 Å². The molecule has 3 atom stereocenters. The van der Waals surface area contributed by atoms with Crippen molar-refractivity contribution in [1.29, 1.82) is 0 Å². The van der Waals surface area contributed by atoms with Crippen LogP contribution in [0.3, 0.4) is 0 Å². The highest BCUT2D eigenvalue weighted by Crippen LogP contribution is 2.55. The van der Waals surface area contributed by atoms with Crippen LogP contribution in [0, 0.1) is 11.8 Å². The van der Waals surface area contributed by atoms with Crippen molar-refractivity contribution < 1.29 is 14.6 Å². The molecule has 0 aromatic carbocycles. The molecule has 3 unspecified atom stereocenters. The van der Waals surface area contributed by atoms with Crippen molar-refractivity contribution in [2.45, 2.75) is 30.9 Å². The van der Waals surface area contributed by atoms with E-state index in [0.29, 0.717) is 18.8 Å². The summed E-state index contributed by atoms with van der Waals surface area (Å²) in [6.45, 7) is 2.01. The van der Waals surface area contributed by atoms with E-state index >= 15 is 0 Å². The molecule has 1 N–H and O–H groups in total. The second kappa shape index (κ2) is 4.84. The van der Waals surface area contributed by atoms with Crippen LogP contribution in [0.2, 0.25) is 0 Å². The minimum Gasteiger partial charge on any atom is -0.468 e. The topological polar surface area (TPSA) is 46.5 Å². The first-order valence-corrected chi connectivity index (χ1v) is 7.57. The number of ether oxygens (including phenoxy) is 1. The van der Waals surface area contributed by atoms with Crippen LogP contribution in [-0.2, 0) is 9.53 Å². The summed E-state index contributed by atoms with van der Waals surface area (Å²) in [5.74, 6) is 1.47. The second-order valence-electron chi connectivity index (χ2n) is 5.50. The number of carbonyl (C=O) groups excluding carboxylic acids is 1. The van der Waals surface area contributed by atoms with Crippen molar-refractivity contribution in [3.8, 4) is 0 Å². The van der Waals surface area contributed by atoms with Crippen LogP contribution in [0.25, 0.3) is 0 Å². The van der Waals surface area contributed by atoms with Gasteiger partial charge in [0.05, 0.1) is 11.0 Å². The largest absolute Gasteiger partial charge is 0.468 e. The van der Waals surface area contributed by atoms with E-state index in [0.717, 1.165) is 17.8 Å². The lowest BCUT2D eigenvalue weighted by atomic mass is 9.75. The maximum absolute atomic E-state index is 12.2. The Hall–Kier alpha value is -1.00. The molecule has 0 aromatic heterocycles. The van der Waals surface area contributed by atoms with Gasteiger partial charge in [-0.2, -0.15) is 0 Å². The van der Waals surface area contributed by atoms with Crippen molar-refractivity contribution in [2.75, 3.05) is 6.61 Å². The number of thioether (sulfide) groups is 1. The van der Waals surface area contributed by atoms with Crippen molar-refractivity contribution in [3.05, 3.63) is 35.2 Å². The lowest BCUT2D eigenvalue weighted by Crippen LogP contribution is -2.40. The van der Waals surface area contributed by atoms with E-state index in [4.69, 9.17) is 4.74 Å². The maximum Gasteiger partial charge on any atom is 0.138 e. The maximum atomic E-state index is 12.2. The van der Waals surface area contributed by atoms with Gasteiger partial charge in [-0.15, -0.1) is 11.8 Å². The number of carbonyl (C=O) groups is 1. The monoisotopic (exact) mass is 278 g/mol. The average molecular weight is 278 g/mol. The van der Waals surface area contributed by atoms with Crippen LogP contribution < -0.4 is 0 Å². The number of allylic oxidation sites excluding steroid dienone is 2. The van der Waals surface area contributed by atoms with Crippen LogP contribution in [0.1, 0.15) is 26.2 Å². The molecule has 19 heavy (non-hydrogen) atoms. The molecule has 0 saturated carbocycles. The molecule has 2 heterocycles. The van der Waals surface area contributed by atoms with Crippen molar-refractivity contribution in [3.63, 3.8) is 0 Å². The molecular weight excluding hydrogens is 260 g/mol. The van der Waals surface area contributed by atoms with Gasteiger partial charge in [-0.3, -0.25) is 4.79 Å². The first-order chi connectivity index (χ1) is 9.17. The SMILES string of the molecule is CC(CO)C1=C2OC=CCC3C=CSC23CC(=O)C1. The van der Waals surface area contributed by atoms with E-state index in [2.05, 4.69) is 11.5 Å². The third-order valence-electron chi connectivity index (χ3n) is 4.25. The lowest BCUT2D eigenvalue weighted by molar-refractivity contribution is -0.120. The minimum absolute atomic E-state index is 0.0236. The smallest absolute Gasteiger partial charge is 0.138 e. The Balaban J connectivity index is 2.12. The first kappa shape index (κ1) is 13.0. The Bertz CT molecular complexity index is 492. The molecule has 0 amide bonds. The Labute approximate surface area is 117 Å². The van der Waals surface area contributed by atoms with Gasteiger partial charge >= 0.3 is 0 Å². The summed E-state index contributed by atoms with van der Waals surface area (Å²) in [6.07, 6.45) is 7.81. The van der Waals surface area contributed by atoms with Gasteiger partial charge in [-0.1, -0.05) is 13.0 Å².